The molecule has 25 heavy (non-hydrogen) atoms. The fourth-order valence-electron chi connectivity index (χ4n) is 2.32. The molecule has 0 aliphatic heterocycles. The van der Waals surface area contributed by atoms with Gasteiger partial charge in [-0.15, -0.1) is 0 Å². The molecule has 0 unspecified atom stereocenters. The monoisotopic (exact) mass is 364 g/mol. The maximum Gasteiger partial charge on any atom is 0.251 e. The number of hydrogen-bond donors (Lipinski definition) is 2. The van der Waals surface area contributed by atoms with E-state index in [1.807, 2.05) is 17.8 Å². The maximum absolute atomic E-state index is 12.2. The van der Waals surface area contributed by atoms with Gasteiger partial charge in [0.05, 0.1) is 11.1 Å². The number of sulfonamides is 1. The summed E-state index contributed by atoms with van der Waals surface area (Å²) in [6, 6.07) is 5.81. The SMILES string of the molecule is Cc1cnn(CCCNC(=O)c2cccc(S(=O)(=O)NC(C)C)c2)c1. The van der Waals surface area contributed by atoms with Crippen molar-refractivity contribution < 1.29 is 13.2 Å². The predicted octanol–water partition coefficient (Wildman–Crippen LogP) is 1.70. The predicted molar refractivity (Wildman–Crippen MR) is 95.8 cm³/mol. The number of nitrogens with zero attached hydrogens (tertiary/aromatic N) is 2. The molecule has 2 aromatic rings. The lowest BCUT2D eigenvalue weighted by Crippen LogP contribution is -2.30. The Balaban J connectivity index is 1.92. The summed E-state index contributed by atoms with van der Waals surface area (Å²) in [5.41, 5.74) is 1.42. The van der Waals surface area contributed by atoms with Crippen LogP contribution in [0.2, 0.25) is 0 Å². The molecule has 7 nitrogen and oxygen atoms in total. The molecule has 2 N–H and O–H groups in total. The number of benzene rings is 1. The van der Waals surface area contributed by atoms with E-state index >= 15 is 0 Å². The third-order valence-corrected chi connectivity index (χ3v) is 5.07. The van der Waals surface area contributed by atoms with Gasteiger partial charge in [0.15, 0.2) is 0 Å². The molecule has 0 saturated carbocycles. The molecule has 0 aliphatic carbocycles. The van der Waals surface area contributed by atoms with Crippen molar-refractivity contribution in [2.75, 3.05) is 6.54 Å². The normalized spacial score (nSPS) is 11.7. The van der Waals surface area contributed by atoms with Crippen molar-refractivity contribution in [3.63, 3.8) is 0 Å². The third-order valence-electron chi connectivity index (χ3n) is 3.41. The highest BCUT2D eigenvalue weighted by Gasteiger charge is 2.17. The van der Waals surface area contributed by atoms with Crippen molar-refractivity contribution in [3.05, 3.63) is 47.8 Å². The minimum Gasteiger partial charge on any atom is -0.352 e. The molecule has 1 aromatic heterocycles. The molecular weight excluding hydrogens is 340 g/mol. The van der Waals surface area contributed by atoms with Gasteiger partial charge >= 0.3 is 0 Å². The van der Waals surface area contributed by atoms with Crippen LogP contribution in [-0.2, 0) is 16.6 Å². The van der Waals surface area contributed by atoms with Gasteiger partial charge in [0, 0.05) is 30.9 Å². The fraction of sp³-hybridized carbons (Fsp3) is 0.412. The number of rotatable bonds is 8. The molecule has 1 aromatic carbocycles. The minimum atomic E-state index is -3.62. The highest BCUT2D eigenvalue weighted by molar-refractivity contribution is 7.89. The number of hydrogen-bond acceptors (Lipinski definition) is 4. The Morgan fingerprint density at radius 3 is 2.72 bits per heavy atom. The first-order valence-corrected chi connectivity index (χ1v) is 9.66. The van der Waals surface area contributed by atoms with E-state index in [1.165, 1.54) is 12.1 Å². The van der Waals surface area contributed by atoms with Crippen molar-refractivity contribution in [1.29, 1.82) is 0 Å². The van der Waals surface area contributed by atoms with Crippen LogP contribution in [0.3, 0.4) is 0 Å². The number of aromatic nitrogens is 2. The molecule has 8 heteroatoms. The van der Waals surface area contributed by atoms with Crippen molar-refractivity contribution in [2.24, 2.45) is 0 Å². The fourth-order valence-corrected chi connectivity index (χ4v) is 3.61. The summed E-state index contributed by atoms with van der Waals surface area (Å²) in [5, 5.41) is 6.98. The molecule has 0 saturated heterocycles. The Labute approximate surface area is 148 Å². The molecule has 136 valence electrons. The second-order valence-corrected chi connectivity index (χ2v) is 7.91. The Hall–Kier alpha value is -2.19. The lowest BCUT2D eigenvalue weighted by Gasteiger charge is -2.11. The number of carbonyl (C=O) groups excluding carboxylic acids is 1. The highest BCUT2D eigenvalue weighted by Crippen LogP contribution is 2.12. The second-order valence-electron chi connectivity index (χ2n) is 6.19. The molecule has 1 heterocycles. The Bertz CT molecular complexity index is 828. The zero-order chi connectivity index (χ0) is 18.4. The molecule has 0 atom stereocenters. The first kappa shape index (κ1) is 19.1. The van der Waals surface area contributed by atoms with E-state index in [-0.39, 0.29) is 16.8 Å². The van der Waals surface area contributed by atoms with Crippen LogP contribution in [0.1, 0.15) is 36.2 Å². The van der Waals surface area contributed by atoms with Gasteiger partial charge in [0.25, 0.3) is 5.91 Å². The van der Waals surface area contributed by atoms with Gasteiger partial charge in [-0.1, -0.05) is 6.07 Å². The summed E-state index contributed by atoms with van der Waals surface area (Å²) < 4.78 is 28.7. The number of aryl methyl sites for hydroxylation is 2. The van der Waals surface area contributed by atoms with Gasteiger partial charge in [-0.25, -0.2) is 13.1 Å². The first-order valence-electron chi connectivity index (χ1n) is 8.17. The lowest BCUT2D eigenvalue weighted by atomic mass is 10.2. The van der Waals surface area contributed by atoms with Crippen LogP contribution >= 0.6 is 0 Å². The van der Waals surface area contributed by atoms with E-state index in [0.717, 1.165) is 12.0 Å². The summed E-state index contributed by atoms with van der Waals surface area (Å²) in [4.78, 5) is 12.3. The molecule has 0 bridgehead atoms. The van der Waals surface area contributed by atoms with Crippen molar-refractivity contribution in [3.8, 4) is 0 Å². The van der Waals surface area contributed by atoms with Crippen LogP contribution < -0.4 is 10.0 Å². The average Bonchev–Trinajstić information content (AvgIpc) is 2.96. The summed E-state index contributed by atoms with van der Waals surface area (Å²) in [6.07, 6.45) is 4.47. The largest absolute Gasteiger partial charge is 0.352 e. The van der Waals surface area contributed by atoms with Gasteiger partial charge in [0.2, 0.25) is 10.0 Å². The van der Waals surface area contributed by atoms with E-state index in [0.29, 0.717) is 18.7 Å². The minimum absolute atomic E-state index is 0.0841. The van der Waals surface area contributed by atoms with Gasteiger partial charge in [0.1, 0.15) is 0 Å². The highest BCUT2D eigenvalue weighted by atomic mass is 32.2. The van der Waals surface area contributed by atoms with E-state index in [4.69, 9.17) is 0 Å². The zero-order valence-corrected chi connectivity index (χ0v) is 15.5. The number of carbonyl (C=O) groups is 1. The summed E-state index contributed by atoms with van der Waals surface area (Å²) in [5.74, 6) is -0.293. The Kier molecular flexibility index (Phi) is 6.33. The smallest absolute Gasteiger partial charge is 0.251 e. The van der Waals surface area contributed by atoms with Crippen LogP contribution in [0.25, 0.3) is 0 Å². The second kappa shape index (κ2) is 8.26. The van der Waals surface area contributed by atoms with Crippen LogP contribution in [0.15, 0.2) is 41.6 Å². The van der Waals surface area contributed by atoms with Crippen LogP contribution in [0.4, 0.5) is 0 Å². The van der Waals surface area contributed by atoms with Gasteiger partial charge in [-0.3, -0.25) is 9.48 Å². The number of nitrogens with one attached hydrogen (secondary N) is 2. The zero-order valence-electron chi connectivity index (χ0n) is 14.7. The van der Waals surface area contributed by atoms with E-state index in [9.17, 15) is 13.2 Å². The van der Waals surface area contributed by atoms with Gasteiger partial charge in [-0.2, -0.15) is 5.10 Å². The van der Waals surface area contributed by atoms with Gasteiger partial charge in [-0.05, 0) is 51.0 Å². The molecule has 0 aliphatic rings. The molecule has 0 radical (unpaired) electrons. The summed E-state index contributed by atoms with van der Waals surface area (Å²) >= 11 is 0. The van der Waals surface area contributed by atoms with Gasteiger partial charge < -0.3 is 5.32 Å². The van der Waals surface area contributed by atoms with Crippen molar-refractivity contribution >= 4 is 15.9 Å². The first-order chi connectivity index (χ1) is 11.8. The molecular formula is C17H24N4O3S. The summed E-state index contributed by atoms with van der Waals surface area (Å²) in [6.45, 7) is 6.66. The van der Waals surface area contributed by atoms with Crippen molar-refractivity contribution in [1.82, 2.24) is 19.8 Å². The topological polar surface area (TPSA) is 93.1 Å². The number of amides is 1. The Morgan fingerprint density at radius 1 is 1.32 bits per heavy atom. The lowest BCUT2D eigenvalue weighted by molar-refractivity contribution is 0.0952. The van der Waals surface area contributed by atoms with E-state index in [2.05, 4.69) is 15.1 Å². The van der Waals surface area contributed by atoms with Crippen LogP contribution in [-0.4, -0.2) is 36.7 Å². The molecule has 0 spiro atoms. The molecule has 1 amide bonds. The average molecular weight is 364 g/mol. The van der Waals surface area contributed by atoms with Crippen molar-refractivity contribution in [2.45, 2.75) is 44.7 Å². The van der Waals surface area contributed by atoms with Crippen LogP contribution in [0, 0.1) is 6.92 Å². The van der Waals surface area contributed by atoms with E-state index in [1.54, 1.807) is 32.2 Å². The molecule has 0 fully saturated rings. The third kappa shape index (κ3) is 5.68. The summed E-state index contributed by atoms with van der Waals surface area (Å²) in [7, 11) is -3.62. The molecule has 2 rings (SSSR count). The quantitative estimate of drug-likeness (QED) is 0.697. The maximum atomic E-state index is 12.2. The van der Waals surface area contributed by atoms with Crippen LogP contribution in [0.5, 0.6) is 0 Å². The van der Waals surface area contributed by atoms with E-state index < -0.39 is 10.0 Å². The standard InChI is InChI=1S/C17H24N4O3S/c1-13(2)20-25(23,24)16-7-4-6-15(10-16)17(22)18-8-5-9-21-12-14(3)11-19-21/h4,6-7,10-13,20H,5,8-9H2,1-3H3,(H,18,22). The Morgan fingerprint density at radius 2 is 2.08 bits per heavy atom.